The number of ether oxygens (including phenoxy) is 1. The van der Waals surface area contributed by atoms with Gasteiger partial charge in [-0.05, 0) is 29.8 Å². The Bertz CT molecular complexity index is 900. The molecular weight excluding hydrogens is 338 g/mol. The zero-order valence-electron chi connectivity index (χ0n) is 15.0. The maximum Gasteiger partial charge on any atom is 0.255 e. The van der Waals surface area contributed by atoms with Gasteiger partial charge in [-0.25, -0.2) is 0 Å². The van der Waals surface area contributed by atoms with Crippen molar-refractivity contribution in [2.45, 2.75) is 12.5 Å². The van der Waals surface area contributed by atoms with Gasteiger partial charge >= 0.3 is 0 Å². The molecule has 4 rings (SSSR count). The number of amides is 1. The standard InChI is InChI=1S/C22H21N3O2/c26-22(18-8-5-11-23-15-18)25-12-13-27-21(16-25)20-10-4-9-19(24-20)14-17-6-2-1-3-7-17/h1-11,15,21H,12-14,16H2/t21-/m0/s1. The molecular formula is C22H21N3O2. The van der Waals surface area contributed by atoms with Crippen LogP contribution in [0.1, 0.15) is 33.4 Å². The van der Waals surface area contributed by atoms with Crippen molar-refractivity contribution in [1.29, 1.82) is 0 Å². The van der Waals surface area contributed by atoms with Gasteiger partial charge in [-0.2, -0.15) is 0 Å². The topological polar surface area (TPSA) is 55.3 Å². The molecule has 1 fully saturated rings. The van der Waals surface area contributed by atoms with Crippen molar-refractivity contribution in [3.63, 3.8) is 0 Å². The number of aromatic nitrogens is 2. The fourth-order valence-electron chi connectivity index (χ4n) is 3.27. The van der Waals surface area contributed by atoms with Crippen LogP contribution in [0.25, 0.3) is 0 Å². The Morgan fingerprint density at radius 3 is 2.78 bits per heavy atom. The van der Waals surface area contributed by atoms with Crippen LogP contribution in [0.5, 0.6) is 0 Å². The number of nitrogens with zero attached hydrogens (tertiary/aromatic N) is 3. The number of rotatable bonds is 4. The summed E-state index contributed by atoms with van der Waals surface area (Å²) in [7, 11) is 0. The summed E-state index contributed by atoms with van der Waals surface area (Å²) in [6.07, 6.45) is 3.84. The zero-order chi connectivity index (χ0) is 18.5. The number of pyridine rings is 2. The average molecular weight is 359 g/mol. The van der Waals surface area contributed by atoms with Crippen molar-refractivity contribution in [3.05, 3.63) is 95.6 Å². The summed E-state index contributed by atoms with van der Waals surface area (Å²) in [5, 5.41) is 0. The summed E-state index contributed by atoms with van der Waals surface area (Å²) >= 11 is 0. The van der Waals surface area contributed by atoms with E-state index in [1.54, 1.807) is 24.5 Å². The molecule has 3 aromatic rings. The molecule has 5 heteroatoms. The van der Waals surface area contributed by atoms with Crippen LogP contribution in [0.2, 0.25) is 0 Å². The summed E-state index contributed by atoms with van der Waals surface area (Å²) in [6.45, 7) is 1.57. The fraction of sp³-hybridized carbons (Fsp3) is 0.227. The number of hydrogen-bond donors (Lipinski definition) is 0. The molecule has 1 amide bonds. The fourth-order valence-corrected chi connectivity index (χ4v) is 3.27. The highest BCUT2D eigenvalue weighted by molar-refractivity contribution is 5.93. The molecule has 1 aromatic carbocycles. The molecule has 1 saturated heterocycles. The predicted molar refractivity (Wildman–Crippen MR) is 102 cm³/mol. The maximum atomic E-state index is 12.7. The Labute approximate surface area is 158 Å². The third kappa shape index (κ3) is 4.20. The molecule has 136 valence electrons. The molecule has 3 heterocycles. The van der Waals surface area contributed by atoms with E-state index in [-0.39, 0.29) is 12.0 Å². The van der Waals surface area contributed by atoms with E-state index in [1.807, 2.05) is 41.3 Å². The first-order chi connectivity index (χ1) is 13.3. The van der Waals surface area contributed by atoms with Crippen LogP contribution in [0.15, 0.2) is 73.1 Å². The summed E-state index contributed by atoms with van der Waals surface area (Å²) in [4.78, 5) is 23.3. The lowest BCUT2D eigenvalue weighted by Gasteiger charge is -2.32. The highest BCUT2D eigenvalue weighted by atomic mass is 16.5. The summed E-state index contributed by atoms with van der Waals surface area (Å²) in [5.41, 5.74) is 3.69. The molecule has 0 aliphatic carbocycles. The number of morpholine rings is 1. The van der Waals surface area contributed by atoms with Crippen molar-refractivity contribution < 1.29 is 9.53 Å². The van der Waals surface area contributed by atoms with E-state index in [2.05, 4.69) is 17.1 Å². The Hall–Kier alpha value is -3.05. The van der Waals surface area contributed by atoms with E-state index in [0.717, 1.165) is 17.8 Å². The van der Waals surface area contributed by atoms with Gasteiger partial charge in [-0.3, -0.25) is 14.8 Å². The van der Waals surface area contributed by atoms with Gasteiger partial charge in [0, 0.05) is 31.1 Å². The van der Waals surface area contributed by atoms with Crippen molar-refractivity contribution in [3.8, 4) is 0 Å². The monoisotopic (exact) mass is 359 g/mol. The lowest BCUT2D eigenvalue weighted by molar-refractivity contribution is -0.0248. The number of hydrogen-bond acceptors (Lipinski definition) is 4. The molecule has 0 bridgehead atoms. The molecule has 1 aliphatic rings. The summed E-state index contributed by atoms with van der Waals surface area (Å²) < 4.78 is 5.91. The third-order valence-corrected chi connectivity index (χ3v) is 4.65. The Morgan fingerprint density at radius 1 is 1.07 bits per heavy atom. The van der Waals surface area contributed by atoms with Crippen LogP contribution in [-0.2, 0) is 11.2 Å². The first-order valence-electron chi connectivity index (χ1n) is 9.10. The van der Waals surface area contributed by atoms with Gasteiger partial charge < -0.3 is 9.64 Å². The average Bonchev–Trinajstić information content (AvgIpc) is 2.75. The predicted octanol–water partition coefficient (Wildman–Crippen LogP) is 3.28. The van der Waals surface area contributed by atoms with E-state index >= 15 is 0 Å². The minimum absolute atomic E-state index is 0.0168. The van der Waals surface area contributed by atoms with E-state index in [1.165, 1.54) is 5.56 Å². The van der Waals surface area contributed by atoms with Crippen molar-refractivity contribution >= 4 is 5.91 Å². The van der Waals surface area contributed by atoms with Gasteiger partial charge in [0.05, 0.1) is 24.4 Å². The van der Waals surface area contributed by atoms with Crippen molar-refractivity contribution in [2.75, 3.05) is 19.7 Å². The first kappa shape index (κ1) is 17.4. The lowest BCUT2D eigenvalue weighted by atomic mass is 10.1. The van der Waals surface area contributed by atoms with E-state index in [9.17, 15) is 4.79 Å². The molecule has 0 N–H and O–H groups in total. The van der Waals surface area contributed by atoms with Gasteiger partial charge in [-0.15, -0.1) is 0 Å². The summed E-state index contributed by atoms with van der Waals surface area (Å²) in [6, 6.07) is 19.8. The molecule has 2 aromatic heterocycles. The SMILES string of the molecule is O=C(c1cccnc1)N1CCO[C@H](c2cccc(Cc3ccccc3)n2)C1. The second-order valence-corrected chi connectivity index (χ2v) is 6.57. The zero-order valence-corrected chi connectivity index (χ0v) is 15.0. The smallest absolute Gasteiger partial charge is 0.255 e. The van der Waals surface area contributed by atoms with E-state index < -0.39 is 0 Å². The van der Waals surface area contributed by atoms with E-state index in [0.29, 0.717) is 25.3 Å². The lowest BCUT2D eigenvalue weighted by Crippen LogP contribution is -2.42. The quantitative estimate of drug-likeness (QED) is 0.717. The number of carbonyl (C=O) groups is 1. The normalized spacial score (nSPS) is 16.9. The highest BCUT2D eigenvalue weighted by Gasteiger charge is 2.27. The van der Waals surface area contributed by atoms with Crippen LogP contribution in [0.4, 0.5) is 0 Å². The van der Waals surface area contributed by atoms with Crippen LogP contribution in [-0.4, -0.2) is 40.5 Å². The Morgan fingerprint density at radius 2 is 1.96 bits per heavy atom. The minimum Gasteiger partial charge on any atom is -0.368 e. The minimum atomic E-state index is -0.213. The highest BCUT2D eigenvalue weighted by Crippen LogP contribution is 2.22. The maximum absolute atomic E-state index is 12.7. The van der Waals surface area contributed by atoms with Crippen LogP contribution in [0, 0.1) is 0 Å². The van der Waals surface area contributed by atoms with Gasteiger partial charge in [0.15, 0.2) is 0 Å². The Kier molecular flexibility index (Phi) is 5.21. The molecule has 27 heavy (non-hydrogen) atoms. The molecule has 0 saturated carbocycles. The largest absolute Gasteiger partial charge is 0.368 e. The van der Waals surface area contributed by atoms with Crippen LogP contribution < -0.4 is 0 Å². The first-order valence-corrected chi connectivity index (χ1v) is 9.10. The van der Waals surface area contributed by atoms with Crippen molar-refractivity contribution in [2.24, 2.45) is 0 Å². The molecule has 1 aliphatic heterocycles. The molecule has 0 spiro atoms. The number of carbonyl (C=O) groups excluding carboxylic acids is 1. The molecule has 0 radical (unpaired) electrons. The van der Waals surface area contributed by atoms with Gasteiger partial charge in [-0.1, -0.05) is 36.4 Å². The molecule has 5 nitrogen and oxygen atoms in total. The second-order valence-electron chi connectivity index (χ2n) is 6.57. The van der Waals surface area contributed by atoms with Gasteiger partial charge in [0.2, 0.25) is 0 Å². The third-order valence-electron chi connectivity index (χ3n) is 4.65. The van der Waals surface area contributed by atoms with Crippen LogP contribution >= 0.6 is 0 Å². The van der Waals surface area contributed by atoms with Gasteiger partial charge in [0.1, 0.15) is 6.10 Å². The number of benzene rings is 1. The van der Waals surface area contributed by atoms with Crippen molar-refractivity contribution in [1.82, 2.24) is 14.9 Å². The molecule has 0 unspecified atom stereocenters. The second kappa shape index (κ2) is 8.10. The van der Waals surface area contributed by atoms with E-state index in [4.69, 9.17) is 9.72 Å². The summed E-state index contributed by atoms with van der Waals surface area (Å²) in [5.74, 6) is -0.0168. The Balaban J connectivity index is 1.48. The molecule has 1 atom stereocenters. The van der Waals surface area contributed by atoms with Crippen LogP contribution in [0.3, 0.4) is 0 Å². The van der Waals surface area contributed by atoms with Gasteiger partial charge in [0.25, 0.3) is 5.91 Å².